The highest BCUT2D eigenvalue weighted by molar-refractivity contribution is 5.86. The number of likely N-dealkylation sites (tertiary alicyclic amines) is 1. The fourth-order valence-electron chi connectivity index (χ4n) is 4.90. The van der Waals surface area contributed by atoms with Crippen molar-refractivity contribution in [3.63, 3.8) is 0 Å². The summed E-state index contributed by atoms with van der Waals surface area (Å²) in [5.74, 6) is 3.11. The molecule has 1 aliphatic rings. The van der Waals surface area contributed by atoms with Crippen LogP contribution in [0.25, 0.3) is 28.2 Å². The van der Waals surface area contributed by atoms with Crippen molar-refractivity contribution in [3.05, 3.63) is 72.3 Å². The molecule has 0 aliphatic carbocycles. The van der Waals surface area contributed by atoms with Gasteiger partial charge in [0.1, 0.15) is 17.6 Å². The fourth-order valence-corrected chi connectivity index (χ4v) is 4.90. The summed E-state index contributed by atoms with van der Waals surface area (Å²) in [5.41, 5.74) is 5.18. The number of carbonyl (C=O) groups is 2. The van der Waals surface area contributed by atoms with Gasteiger partial charge in [0.15, 0.2) is 0 Å². The SMILES string of the molecule is C#Cc1ccc(-c2cn(-c3ccc(-c4cnc([C@@H]5CCCN5C(=O)[C@@H](NC(=O)OC)C(C)C)[nH]4)cc3)nn2)cc1. The van der Waals surface area contributed by atoms with E-state index in [1.165, 1.54) is 7.11 Å². The molecule has 0 saturated carbocycles. The molecule has 1 saturated heterocycles. The molecule has 2 atom stereocenters. The lowest BCUT2D eigenvalue weighted by molar-refractivity contribution is -0.135. The van der Waals surface area contributed by atoms with Gasteiger partial charge in [-0.15, -0.1) is 11.5 Å². The van der Waals surface area contributed by atoms with Crippen molar-refractivity contribution in [2.75, 3.05) is 13.7 Å². The number of benzene rings is 2. The van der Waals surface area contributed by atoms with Crippen LogP contribution in [0.3, 0.4) is 0 Å². The number of hydrogen-bond acceptors (Lipinski definition) is 6. The molecule has 204 valence electrons. The number of aromatic nitrogens is 5. The Bertz CT molecular complexity index is 1530. The summed E-state index contributed by atoms with van der Waals surface area (Å²) in [6, 6.07) is 14.7. The number of methoxy groups -OCH3 is 1. The molecule has 1 aliphatic heterocycles. The van der Waals surface area contributed by atoms with Crippen LogP contribution in [0.5, 0.6) is 0 Å². The molecule has 2 aromatic carbocycles. The third-order valence-corrected chi connectivity index (χ3v) is 7.12. The number of imidazole rings is 1. The number of rotatable bonds is 7. The van der Waals surface area contributed by atoms with Crippen molar-refractivity contribution in [3.8, 4) is 40.5 Å². The van der Waals surface area contributed by atoms with Gasteiger partial charge in [0.05, 0.1) is 36.9 Å². The van der Waals surface area contributed by atoms with Gasteiger partial charge in [-0.3, -0.25) is 4.79 Å². The van der Waals surface area contributed by atoms with Crippen LogP contribution in [0.4, 0.5) is 4.79 Å². The molecular weight excluding hydrogens is 506 g/mol. The quantitative estimate of drug-likeness (QED) is 0.339. The summed E-state index contributed by atoms with van der Waals surface area (Å²) in [6.45, 7) is 4.40. The highest BCUT2D eigenvalue weighted by atomic mass is 16.5. The summed E-state index contributed by atoms with van der Waals surface area (Å²) >= 11 is 0. The van der Waals surface area contributed by atoms with Crippen LogP contribution in [-0.2, 0) is 9.53 Å². The van der Waals surface area contributed by atoms with Gasteiger partial charge < -0.3 is 19.9 Å². The van der Waals surface area contributed by atoms with Gasteiger partial charge in [-0.1, -0.05) is 49.2 Å². The summed E-state index contributed by atoms with van der Waals surface area (Å²) in [7, 11) is 1.29. The minimum atomic E-state index is -0.672. The van der Waals surface area contributed by atoms with Crippen LogP contribution in [0.2, 0.25) is 0 Å². The Morgan fingerprint density at radius 3 is 2.52 bits per heavy atom. The number of aromatic amines is 1. The standard InChI is InChI=1S/C30H31N7O3/c1-5-20-8-10-22(11-9-20)25-18-37(35-34-25)23-14-12-21(13-15-23)24-17-31-28(32-24)26-7-6-16-36(26)29(38)27(19(2)3)33-30(39)40-4/h1,8-15,17-19,26-27H,6-7,16H2,2-4H3,(H,31,32)(H,33,39)/t26-,27-/m0/s1. The number of ether oxygens (including phenoxy) is 1. The molecule has 5 rings (SSSR count). The zero-order chi connectivity index (χ0) is 28.2. The van der Waals surface area contributed by atoms with Crippen molar-refractivity contribution < 1.29 is 14.3 Å². The maximum atomic E-state index is 13.4. The van der Waals surface area contributed by atoms with Gasteiger partial charge in [0.2, 0.25) is 5.91 Å². The van der Waals surface area contributed by atoms with Crippen molar-refractivity contribution in [2.24, 2.45) is 5.92 Å². The Kier molecular flexibility index (Phi) is 7.64. The van der Waals surface area contributed by atoms with Gasteiger partial charge in [-0.2, -0.15) is 0 Å². The molecule has 2 N–H and O–H groups in total. The number of nitrogens with one attached hydrogen (secondary N) is 2. The summed E-state index contributed by atoms with van der Waals surface area (Å²) in [4.78, 5) is 35.0. The van der Waals surface area contributed by atoms with Crippen LogP contribution in [0.1, 0.15) is 44.1 Å². The minimum absolute atomic E-state index is 0.0893. The first-order valence-corrected chi connectivity index (χ1v) is 13.2. The molecule has 2 amide bonds. The van der Waals surface area contributed by atoms with Gasteiger partial charge >= 0.3 is 6.09 Å². The number of carbonyl (C=O) groups excluding carboxylic acids is 2. The van der Waals surface area contributed by atoms with Crippen LogP contribution in [-0.4, -0.2) is 61.6 Å². The van der Waals surface area contributed by atoms with Crippen LogP contribution < -0.4 is 5.32 Å². The van der Waals surface area contributed by atoms with Gasteiger partial charge in [-0.25, -0.2) is 14.5 Å². The molecule has 4 aromatic rings. The van der Waals surface area contributed by atoms with Crippen LogP contribution in [0.15, 0.2) is 60.9 Å². The molecule has 3 heterocycles. The molecule has 0 unspecified atom stereocenters. The lowest BCUT2D eigenvalue weighted by Crippen LogP contribution is -2.51. The van der Waals surface area contributed by atoms with E-state index in [-0.39, 0.29) is 17.9 Å². The van der Waals surface area contributed by atoms with Gasteiger partial charge in [-0.05, 0) is 48.6 Å². The van der Waals surface area contributed by atoms with E-state index < -0.39 is 12.1 Å². The maximum absolute atomic E-state index is 13.4. The van der Waals surface area contributed by atoms with E-state index in [0.717, 1.165) is 52.4 Å². The number of amides is 2. The van der Waals surface area contributed by atoms with Crippen molar-refractivity contribution >= 4 is 12.0 Å². The fraction of sp³-hybridized carbons (Fsp3) is 0.300. The normalized spacial score (nSPS) is 15.6. The minimum Gasteiger partial charge on any atom is -0.453 e. The van der Waals surface area contributed by atoms with Crippen molar-refractivity contribution in [1.29, 1.82) is 0 Å². The first-order valence-electron chi connectivity index (χ1n) is 13.2. The molecule has 0 spiro atoms. The first-order chi connectivity index (χ1) is 19.4. The van der Waals surface area contributed by atoms with E-state index in [0.29, 0.717) is 6.54 Å². The third kappa shape index (κ3) is 5.45. The van der Waals surface area contributed by atoms with E-state index in [1.54, 1.807) is 15.8 Å². The maximum Gasteiger partial charge on any atom is 0.407 e. The number of nitrogens with zero attached hydrogens (tertiary/aromatic N) is 5. The third-order valence-electron chi connectivity index (χ3n) is 7.12. The molecule has 10 nitrogen and oxygen atoms in total. The van der Waals surface area contributed by atoms with Gasteiger partial charge in [0, 0.05) is 17.7 Å². The Labute approximate surface area is 232 Å². The van der Waals surface area contributed by atoms with Gasteiger partial charge in [0.25, 0.3) is 0 Å². The summed E-state index contributed by atoms with van der Waals surface area (Å²) < 4.78 is 6.44. The van der Waals surface area contributed by atoms with Crippen molar-refractivity contribution in [2.45, 2.75) is 38.8 Å². The monoisotopic (exact) mass is 537 g/mol. The molecular formula is C30H31N7O3. The lowest BCUT2D eigenvalue weighted by atomic mass is 10.0. The second-order valence-electron chi connectivity index (χ2n) is 10.0. The predicted molar refractivity (Wildman–Crippen MR) is 150 cm³/mol. The first kappa shape index (κ1) is 26.7. The Morgan fingerprint density at radius 1 is 1.12 bits per heavy atom. The van der Waals surface area contributed by atoms with E-state index in [9.17, 15) is 9.59 Å². The number of H-pyrrole nitrogens is 1. The van der Waals surface area contributed by atoms with Crippen molar-refractivity contribution in [1.82, 2.24) is 35.2 Å². The highest BCUT2D eigenvalue weighted by Gasteiger charge is 2.37. The van der Waals surface area contributed by atoms with E-state index in [2.05, 4.69) is 31.5 Å². The molecule has 1 fully saturated rings. The molecule has 40 heavy (non-hydrogen) atoms. The lowest BCUT2D eigenvalue weighted by Gasteiger charge is -2.30. The molecule has 0 radical (unpaired) electrons. The average molecular weight is 538 g/mol. The number of hydrogen-bond donors (Lipinski definition) is 2. The van der Waals surface area contributed by atoms with Crippen LogP contribution >= 0.6 is 0 Å². The zero-order valence-corrected chi connectivity index (χ0v) is 22.7. The summed E-state index contributed by atoms with van der Waals surface area (Å²) in [5, 5.41) is 11.2. The molecule has 2 aromatic heterocycles. The Balaban J connectivity index is 1.30. The second-order valence-corrected chi connectivity index (χ2v) is 10.0. The summed E-state index contributed by atoms with van der Waals surface area (Å²) in [6.07, 6.45) is 10.1. The van der Waals surface area contributed by atoms with E-state index in [4.69, 9.17) is 11.2 Å². The number of terminal acetylenes is 1. The van der Waals surface area contributed by atoms with Crippen LogP contribution in [0, 0.1) is 18.3 Å². The molecule has 0 bridgehead atoms. The van der Waals surface area contributed by atoms with E-state index >= 15 is 0 Å². The average Bonchev–Trinajstić information content (AvgIpc) is 3.76. The molecule has 10 heteroatoms. The largest absolute Gasteiger partial charge is 0.453 e. The smallest absolute Gasteiger partial charge is 0.407 e. The van der Waals surface area contributed by atoms with E-state index in [1.807, 2.05) is 68.6 Å². The predicted octanol–water partition coefficient (Wildman–Crippen LogP) is 4.35. The Hall–Kier alpha value is -4.91. The zero-order valence-electron chi connectivity index (χ0n) is 22.7. The second kappa shape index (κ2) is 11.5. The Morgan fingerprint density at radius 2 is 1.85 bits per heavy atom. The topological polar surface area (TPSA) is 118 Å². The number of alkyl carbamates (subject to hydrolysis) is 1. The highest BCUT2D eigenvalue weighted by Crippen LogP contribution is 2.33.